The van der Waals surface area contributed by atoms with Gasteiger partial charge in [0.15, 0.2) is 0 Å². The van der Waals surface area contributed by atoms with Gasteiger partial charge < -0.3 is 16.1 Å². The van der Waals surface area contributed by atoms with Crippen molar-refractivity contribution in [2.45, 2.75) is 0 Å². The first-order valence-electron chi connectivity index (χ1n) is 0.783. The molecule has 0 saturated heterocycles. The normalized spacial score (nSPS) is 8.43. The first-order valence-corrected chi connectivity index (χ1v) is 2.35. The number of hydrogen-bond donors (Lipinski definition) is 3. The van der Waals surface area contributed by atoms with Crippen LogP contribution in [0.2, 0.25) is 0 Å². The molecule has 0 spiro atoms. The molecule has 0 fully saturated rings. The molecule has 0 aliphatic carbocycles. The summed E-state index contributed by atoms with van der Waals surface area (Å²) in [5.74, 6) is 0. The molecule has 0 atom stereocenters. The van der Waals surface area contributed by atoms with E-state index in [1.54, 1.807) is 0 Å². The van der Waals surface area contributed by atoms with Crippen molar-refractivity contribution in [2.24, 2.45) is 0 Å². The van der Waals surface area contributed by atoms with Crippen LogP contribution in [0.3, 0.4) is 0 Å². The van der Waals surface area contributed by atoms with Crippen molar-refractivity contribution in [3.63, 3.8) is 0 Å². The van der Waals surface area contributed by atoms with Crippen molar-refractivity contribution in [1.29, 1.82) is 0 Å². The van der Waals surface area contributed by atoms with Gasteiger partial charge in [0.25, 0.3) is 0 Å². The Morgan fingerprint density at radius 1 is 1.29 bits per heavy atom. The van der Waals surface area contributed by atoms with Crippen LogP contribution in [-0.2, 0) is 21.9 Å². The fourth-order valence-electron chi connectivity index (χ4n) is 0. The molecule has 0 aliphatic heterocycles. The minimum Gasteiger partial charge on any atom is -1.00 e. The van der Waals surface area contributed by atoms with Crippen molar-refractivity contribution in [3.8, 4) is 0 Å². The van der Waals surface area contributed by atoms with Crippen LogP contribution < -0.4 is 51.4 Å². The Morgan fingerprint density at radius 2 is 1.29 bits per heavy atom. The Hall–Kier alpha value is 2.28. The Labute approximate surface area is 95.6 Å². The summed E-state index contributed by atoms with van der Waals surface area (Å²) >= 11 is 0. The largest absolute Gasteiger partial charge is 1.00 e. The van der Waals surface area contributed by atoms with Crippen molar-refractivity contribution < 1.29 is 89.4 Å². The maximum atomic E-state index is 8.88. The molecular formula is H4CrKO4P. The molecule has 0 unspecified atom stereocenters. The first-order chi connectivity index (χ1) is 2.00. The van der Waals surface area contributed by atoms with Gasteiger partial charge in [0.1, 0.15) is 0 Å². The van der Waals surface area contributed by atoms with E-state index in [4.69, 9.17) is 19.2 Å². The van der Waals surface area contributed by atoms with Gasteiger partial charge >= 0.3 is 59.2 Å². The van der Waals surface area contributed by atoms with Crippen LogP contribution in [0.25, 0.3) is 0 Å². The van der Waals surface area contributed by atoms with E-state index >= 15 is 0 Å². The van der Waals surface area contributed by atoms with Crippen LogP contribution in [0.4, 0.5) is 0 Å². The maximum Gasteiger partial charge on any atom is 1.00 e. The van der Waals surface area contributed by atoms with Gasteiger partial charge in [-0.05, 0) is 0 Å². The quantitative estimate of drug-likeness (QED) is 0.270. The third-order valence-corrected chi connectivity index (χ3v) is 0. The van der Waals surface area contributed by atoms with Gasteiger partial charge in [-0.2, -0.15) is 0 Å². The van der Waals surface area contributed by atoms with E-state index in [1.807, 2.05) is 0 Å². The van der Waals surface area contributed by atoms with Crippen molar-refractivity contribution >= 4 is 7.82 Å². The molecule has 0 aliphatic rings. The first kappa shape index (κ1) is 16.1. The van der Waals surface area contributed by atoms with Crippen LogP contribution in [-0.4, -0.2) is 14.7 Å². The third-order valence-electron chi connectivity index (χ3n) is 0. The Kier molecular flexibility index (Phi) is 14.7. The van der Waals surface area contributed by atoms with Gasteiger partial charge in [-0.15, -0.1) is 0 Å². The van der Waals surface area contributed by atoms with Gasteiger partial charge in [0.2, 0.25) is 0 Å². The summed E-state index contributed by atoms with van der Waals surface area (Å²) in [5, 5.41) is 0. The van der Waals surface area contributed by atoms with Crippen LogP contribution in [0.15, 0.2) is 0 Å². The SMILES string of the molecule is O=P(O)(O)O.[Cr].[H-].[K+]. The van der Waals surface area contributed by atoms with E-state index in [2.05, 4.69) is 0 Å². The predicted molar refractivity (Wildman–Crippen MR) is 15.4 cm³/mol. The molecular weight excluding hydrogens is 186 g/mol. The second-order valence-corrected chi connectivity index (χ2v) is 1.54. The molecule has 7 heavy (non-hydrogen) atoms. The van der Waals surface area contributed by atoms with Crippen molar-refractivity contribution in [2.75, 3.05) is 0 Å². The van der Waals surface area contributed by atoms with Crippen molar-refractivity contribution in [3.05, 3.63) is 0 Å². The van der Waals surface area contributed by atoms with E-state index in [9.17, 15) is 0 Å². The minimum absolute atomic E-state index is 0. The fraction of sp³-hybridized carbons (Fsp3) is 0. The molecule has 0 radical (unpaired) electrons. The van der Waals surface area contributed by atoms with Crippen LogP contribution in [0.1, 0.15) is 1.43 Å². The predicted octanol–water partition coefficient (Wildman–Crippen LogP) is -3.81. The van der Waals surface area contributed by atoms with E-state index in [0.29, 0.717) is 0 Å². The molecule has 0 aromatic heterocycles. The summed E-state index contributed by atoms with van der Waals surface area (Å²) in [5.41, 5.74) is 0. The van der Waals surface area contributed by atoms with Crippen molar-refractivity contribution in [1.82, 2.24) is 0 Å². The van der Waals surface area contributed by atoms with Crippen LogP contribution >= 0.6 is 7.82 Å². The molecule has 4 nitrogen and oxygen atoms in total. The summed E-state index contributed by atoms with van der Waals surface area (Å²) in [4.78, 5) is 21.6. The standard InChI is InChI=1S/Cr.K.H3O4P.H/c;;1-5(2,3)4;/h;;(H3,1,2,3,4);/q;+1;;-1. The van der Waals surface area contributed by atoms with Gasteiger partial charge in [0, 0.05) is 17.4 Å². The molecule has 0 aromatic rings. The fourth-order valence-corrected chi connectivity index (χ4v) is 0. The van der Waals surface area contributed by atoms with E-state index in [1.165, 1.54) is 0 Å². The molecule has 0 aromatic carbocycles. The Balaban J connectivity index is -0.0000000267. The third kappa shape index (κ3) is 62.8. The number of hydrogen-bond acceptors (Lipinski definition) is 1. The second-order valence-electron chi connectivity index (χ2n) is 0.513. The topological polar surface area (TPSA) is 77.8 Å². The molecule has 0 saturated carbocycles. The molecule has 0 bridgehead atoms. The minimum atomic E-state index is -4.64. The molecule has 0 amide bonds. The average Bonchev–Trinajstić information content (AvgIpc) is 0.722. The summed E-state index contributed by atoms with van der Waals surface area (Å²) in [6, 6.07) is 0. The zero-order valence-electron chi connectivity index (χ0n) is 4.61. The van der Waals surface area contributed by atoms with Gasteiger partial charge in [-0.25, -0.2) is 4.57 Å². The van der Waals surface area contributed by atoms with Gasteiger partial charge in [-0.1, -0.05) is 0 Å². The smallest absolute Gasteiger partial charge is 1.00 e. The zero-order valence-corrected chi connectivity index (χ0v) is 8.90. The second kappa shape index (κ2) is 6.40. The molecule has 3 N–H and O–H groups in total. The van der Waals surface area contributed by atoms with Crippen LogP contribution in [0, 0.1) is 0 Å². The summed E-state index contributed by atoms with van der Waals surface area (Å²) in [6.07, 6.45) is 0. The van der Waals surface area contributed by atoms with Gasteiger partial charge in [0.05, 0.1) is 0 Å². The number of rotatable bonds is 0. The molecule has 0 rings (SSSR count). The zero-order chi connectivity index (χ0) is 4.50. The average molecular weight is 190 g/mol. The van der Waals surface area contributed by atoms with Gasteiger partial charge in [-0.3, -0.25) is 0 Å². The summed E-state index contributed by atoms with van der Waals surface area (Å²) in [6.45, 7) is 0. The summed E-state index contributed by atoms with van der Waals surface area (Å²) < 4.78 is 8.88. The van der Waals surface area contributed by atoms with E-state index in [-0.39, 0.29) is 70.2 Å². The Morgan fingerprint density at radius 3 is 1.29 bits per heavy atom. The molecule has 0 heterocycles. The van der Waals surface area contributed by atoms with E-state index < -0.39 is 7.82 Å². The molecule has 40 valence electrons. The van der Waals surface area contributed by atoms with Crippen LogP contribution in [0.5, 0.6) is 0 Å². The monoisotopic (exact) mass is 190 g/mol. The maximum absolute atomic E-state index is 8.88. The molecule has 7 heteroatoms. The summed E-state index contributed by atoms with van der Waals surface area (Å²) in [7, 11) is -4.64. The van der Waals surface area contributed by atoms with E-state index in [0.717, 1.165) is 0 Å². The number of phosphoric acid groups is 1. The Bertz CT molecular complexity index is 62.2.